The molecule has 0 amide bonds. The van der Waals surface area contributed by atoms with Gasteiger partial charge in [-0.15, -0.1) is 0 Å². The van der Waals surface area contributed by atoms with Crippen molar-refractivity contribution in [3.63, 3.8) is 0 Å². The summed E-state index contributed by atoms with van der Waals surface area (Å²) in [7, 11) is -3.18. The van der Waals surface area contributed by atoms with Crippen molar-refractivity contribution in [2.75, 3.05) is 6.26 Å². The van der Waals surface area contributed by atoms with Crippen LogP contribution in [0.2, 0.25) is 0 Å². The summed E-state index contributed by atoms with van der Waals surface area (Å²) in [4.78, 5) is 0. The number of aryl methyl sites for hydroxylation is 1. The number of rotatable bonds is 4. The minimum atomic E-state index is -3.18. The fourth-order valence-corrected chi connectivity index (χ4v) is 2.08. The number of aliphatic hydroxyl groups excluding tert-OH is 1. The molecule has 0 bridgehead atoms. The summed E-state index contributed by atoms with van der Waals surface area (Å²) in [5.41, 5.74) is 2.10. The van der Waals surface area contributed by atoms with Crippen LogP contribution in [0.25, 0.3) is 0 Å². The van der Waals surface area contributed by atoms with Crippen molar-refractivity contribution < 1.29 is 13.5 Å². The molecule has 4 heteroatoms. The maximum atomic E-state index is 11.3. The fourth-order valence-electron chi connectivity index (χ4n) is 1.42. The molecule has 90 valence electrons. The van der Waals surface area contributed by atoms with Gasteiger partial charge < -0.3 is 5.11 Å². The van der Waals surface area contributed by atoms with E-state index in [1.54, 1.807) is 0 Å². The second kappa shape index (κ2) is 4.97. The van der Waals surface area contributed by atoms with Gasteiger partial charge in [0.05, 0.1) is 11.4 Å². The predicted octanol–water partition coefficient (Wildman–Crippen LogP) is 1.33. The first-order valence-electron chi connectivity index (χ1n) is 5.23. The number of hydrogen-bond donors (Lipinski definition) is 1. The molecule has 1 aromatic rings. The van der Waals surface area contributed by atoms with Crippen LogP contribution in [0, 0.1) is 6.92 Å². The molecule has 0 saturated heterocycles. The monoisotopic (exact) mass is 242 g/mol. The smallest absolute Gasteiger partial charge is 0.152 e. The molecule has 1 rings (SSSR count). The zero-order valence-electron chi connectivity index (χ0n) is 9.84. The second-order valence-electron chi connectivity index (χ2n) is 4.29. The average Bonchev–Trinajstić information content (AvgIpc) is 2.19. The summed E-state index contributed by atoms with van der Waals surface area (Å²) in [6.07, 6.45) is 0.669. The van der Waals surface area contributed by atoms with Gasteiger partial charge in [0, 0.05) is 6.26 Å². The van der Waals surface area contributed by atoms with E-state index in [2.05, 4.69) is 0 Å². The predicted molar refractivity (Wildman–Crippen MR) is 65.2 cm³/mol. The molecule has 1 aromatic carbocycles. The lowest BCUT2D eigenvalue weighted by Crippen LogP contribution is -2.32. The molecule has 16 heavy (non-hydrogen) atoms. The summed E-state index contributed by atoms with van der Waals surface area (Å²) in [5, 5.41) is 9.07. The molecular weight excluding hydrogens is 224 g/mol. The highest BCUT2D eigenvalue weighted by molar-refractivity contribution is 7.91. The molecule has 0 spiro atoms. The van der Waals surface area contributed by atoms with E-state index in [1.165, 1.54) is 6.92 Å². The van der Waals surface area contributed by atoms with E-state index in [0.717, 1.165) is 17.4 Å². The molecule has 3 nitrogen and oxygen atoms in total. The summed E-state index contributed by atoms with van der Waals surface area (Å²) in [5.74, 6) is 0. The summed E-state index contributed by atoms with van der Waals surface area (Å²) in [6.45, 7) is 3.52. The molecule has 1 N–H and O–H groups in total. The van der Waals surface area contributed by atoms with Gasteiger partial charge in [0.2, 0.25) is 0 Å². The van der Waals surface area contributed by atoms with Gasteiger partial charge in [0.1, 0.15) is 0 Å². The molecular formula is C12H18O3S. The Hall–Kier alpha value is -0.870. The van der Waals surface area contributed by atoms with Gasteiger partial charge in [-0.1, -0.05) is 29.8 Å². The van der Waals surface area contributed by atoms with Gasteiger partial charge in [-0.05, 0) is 25.8 Å². The van der Waals surface area contributed by atoms with Gasteiger partial charge in [0.15, 0.2) is 9.84 Å². The normalized spacial score (nSPS) is 15.8. The molecule has 2 unspecified atom stereocenters. The molecule has 2 atom stereocenters. The third kappa shape index (κ3) is 3.61. The van der Waals surface area contributed by atoms with Crippen LogP contribution < -0.4 is 0 Å². The van der Waals surface area contributed by atoms with Crippen molar-refractivity contribution in [2.24, 2.45) is 0 Å². The molecule has 0 heterocycles. The van der Waals surface area contributed by atoms with E-state index in [0.29, 0.717) is 6.42 Å². The molecule has 0 fully saturated rings. The maximum absolute atomic E-state index is 11.3. The van der Waals surface area contributed by atoms with Crippen LogP contribution in [0.15, 0.2) is 24.3 Å². The Bertz CT molecular complexity index is 434. The average molecular weight is 242 g/mol. The van der Waals surface area contributed by atoms with E-state index in [-0.39, 0.29) is 0 Å². The molecule has 0 radical (unpaired) electrons. The Morgan fingerprint density at radius 1 is 1.25 bits per heavy atom. The number of benzene rings is 1. The number of sulfone groups is 1. The molecule has 0 saturated carbocycles. The molecule has 0 aliphatic carbocycles. The van der Waals surface area contributed by atoms with Crippen LogP contribution in [-0.2, 0) is 16.3 Å². The first-order chi connectivity index (χ1) is 7.30. The van der Waals surface area contributed by atoms with Gasteiger partial charge in [-0.3, -0.25) is 0 Å². The highest BCUT2D eigenvalue weighted by atomic mass is 32.2. The fraction of sp³-hybridized carbons (Fsp3) is 0.500. The lowest BCUT2D eigenvalue weighted by atomic mass is 10.0. The van der Waals surface area contributed by atoms with Crippen molar-refractivity contribution in [3.8, 4) is 0 Å². The summed E-state index contributed by atoms with van der Waals surface area (Å²) < 4.78 is 22.5. The maximum Gasteiger partial charge on any atom is 0.152 e. The minimum Gasteiger partial charge on any atom is -0.391 e. The number of aliphatic hydroxyl groups is 1. The Kier molecular flexibility index (Phi) is 4.10. The Morgan fingerprint density at radius 3 is 2.19 bits per heavy atom. The lowest BCUT2D eigenvalue weighted by molar-refractivity contribution is 0.173. The second-order valence-corrected chi connectivity index (χ2v) is 6.69. The highest BCUT2D eigenvalue weighted by Crippen LogP contribution is 2.12. The van der Waals surface area contributed by atoms with Crippen LogP contribution >= 0.6 is 0 Å². The van der Waals surface area contributed by atoms with E-state index >= 15 is 0 Å². The summed E-state index contributed by atoms with van der Waals surface area (Å²) >= 11 is 0. The topological polar surface area (TPSA) is 54.4 Å². The van der Waals surface area contributed by atoms with Crippen molar-refractivity contribution >= 4 is 9.84 Å². The SMILES string of the molecule is Cc1ccc(CC(O)C(C)S(C)(=O)=O)cc1. The van der Waals surface area contributed by atoms with E-state index in [4.69, 9.17) is 0 Å². The third-order valence-corrected chi connectivity index (χ3v) is 4.45. The van der Waals surface area contributed by atoms with Crippen molar-refractivity contribution in [3.05, 3.63) is 35.4 Å². The Labute approximate surface area is 97.0 Å². The Balaban J connectivity index is 2.71. The van der Waals surface area contributed by atoms with E-state index in [1.807, 2.05) is 31.2 Å². The number of hydrogen-bond acceptors (Lipinski definition) is 3. The first kappa shape index (κ1) is 13.2. The van der Waals surface area contributed by atoms with Gasteiger partial charge in [-0.2, -0.15) is 0 Å². The zero-order chi connectivity index (χ0) is 12.3. The van der Waals surface area contributed by atoms with Crippen LogP contribution in [0.1, 0.15) is 18.1 Å². The third-order valence-electron chi connectivity index (χ3n) is 2.78. The van der Waals surface area contributed by atoms with Gasteiger partial charge in [0.25, 0.3) is 0 Å². The molecule has 0 aromatic heterocycles. The quantitative estimate of drug-likeness (QED) is 0.866. The lowest BCUT2D eigenvalue weighted by Gasteiger charge is -2.17. The molecule has 0 aliphatic heterocycles. The van der Waals surface area contributed by atoms with Crippen LogP contribution in [-0.4, -0.2) is 31.1 Å². The standard InChI is InChI=1S/C12H18O3S/c1-9-4-6-11(7-5-9)8-12(13)10(2)16(3,14)15/h4-7,10,12-13H,8H2,1-3H3. The van der Waals surface area contributed by atoms with Crippen LogP contribution in [0.4, 0.5) is 0 Å². The highest BCUT2D eigenvalue weighted by Gasteiger charge is 2.23. The van der Waals surface area contributed by atoms with Crippen molar-refractivity contribution in [2.45, 2.75) is 31.6 Å². The van der Waals surface area contributed by atoms with Crippen molar-refractivity contribution in [1.29, 1.82) is 0 Å². The zero-order valence-corrected chi connectivity index (χ0v) is 10.7. The van der Waals surface area contributed by atoms with Gasteiger partial charge in [-0.25, -0.2) is 8.42 Å². The minimum absolute atomic E-state index is 0.370. The van der Waals surface area contributed by atoms with E-state index < -0.39 is 21.2 Å². The van der Waals surface area contributed by atoms with Crippen LogP contribution in [0.3, 0.4) is 0 Å². The van der Waals surface area contributed by atoms with Crippen LogP contribution in [0.5, 0.6) is 0 Å². The Morgan fingerprint density at radius 2 is 1.75 bits per heavy atom. The largest absolute Gasteiger partial charge is 0.391 e. The summed E-state index contributed by atoms with van der Waals surface area (Å²) in [6, 6.07) is 7.72. The van der Waals surface area contributed by atoms with Crippen molar-refractivity contribution in [1.82, 2.24) is 0 Å². The first-order valence-corrected chi connectivity index (χ1v) is 7.18. The molecule has 0 aliphatic rings. The van der Waals surface area contributed by atoms with E-state index in [9.17, 15) is 13.5 Å². The van der Waals surface area contributed by atoms with Gasteiger partial charge >= 0.3 is 0 Å².